The van der Waals surface area contributed by atoms with Gasteiger partial charge in [-0.2, -0.15) is 0 Å². The van der Waals surface area contributed by atoms with Gasteiger partial charge in [-0.25, -0.2) is 9.78 Å². The lowest BCUT2D eigenvalue weighted by atomic mass is 10.4. The number of halogens is 1. The zero-order chi connectivity index (χ0) is 10.1. The van der Waals surface area contributed by atoms with Crippen LogP contribution in [0.4, 0.5) is 0 Å². The quantitative estimate of drug-likeness (QED) is 0.807. The van der Waals surface area contributed by atoms with Crippen molar-refractivity contribution in [3.05, 3.63) is 16.5 Å². The summed E-state index contributed by atoms with van der Waals surface area (Å²) in [4.78, 5) is 21.2. The van der Waals surface area contributed by atoms with Crippen LogP contribution in [-0.2, 0) is 4.74 Å². The van der Waals surface area contributed by atoms with E-state index in [0.717, 1.165) is 5.52 Å². The van der Waals surface area contributed by atoms with Crippen molar-refractivity contribution >= 4 is 33.1 Å². The molecule has 0 saturated carbocycles. The van der Waals surface area contributed by atoms with E-state index in [4.69, 9.17) is 4.74 Å². The molecule has 6 heteroatoms. The molecule has 0 atom stereocenters. The van der Waals surface area contributed by atoms with Crippen molar-refractivity contribution in [3.8, 4) is 0 Å². The van der Waals surface area contributed by atoms with E-state index in [1.54, 1.807) is 13.3 Å². The molecule has 0 amide bonds. The van der Waals surface area contributed by atoms with Crippen molar-refractivity contribution in [1.29, 1.82) is 0 Å². The average Bonchev–Trinajstić information content (AvgIpc) is 2.69. The van der Waals surface area contributed by atoms with Gasteiger partial charge in [0.1, 0.15) is 5.69 Å². The van der Waals surface area contributed by atoms with Crippen LogP contribution in [0, 0.1) is 0 Å². The minimum absolute atomic E-state index is 0.353. The molecule has 0 radical (unpaired) electrons. The Bertz CT molecular complexity index is 474. The Morgan fingerprint density at radius 2 is 2.50 bits per heavy atom. The highest BCUT2D eigenvalue weighted by Crippen LogP contribution is 2.25. The number of carbonyl (C=O) groups excluding carboxylic acids is 1. The van der Waals surface area contributed by atoms with Crippen molar-refractivity contribution < 1.29 is 9.53 Å². The maximum Gasteiger partial charge on any atom is 0.356 e. The van der Waals surface area contributed by atoms with Crippen LogP contribution in [-0.4, -0.2) is 27.5 Å². The lowest BCUT2D eigenvalue weighted by Crippen LogP contribution is -2.05. The van der Waals surface area contributed by atoms with E-state index in [-0.39, 0.29) is 5.97 Å². The van der Waals surface area contributed by atoms with Gasteiger partial charge in [-0.15, -0.1) is 0 Å². The summed E-state index contributed by atoms with van der Waals surface area (Å²) in [7, 11) is 0. The number of hydrogen-bond acceptors (Lipinski definition) is 3. The molecule has 5 nitrogen and oxygen atoms in total. The Balaban J connectivity index is 2.47. The van der Waals surface area contributed by atoms with Gasteiger partial charge in [-0.1, -0.05) is 0 Å². The molecule has 0 fully saturated rings. The topological polar surface area (TPSA) is 70.8 Å². The fraction of sp³-hybridized carbons (Fsp3) is 0.250. The monoisotopic (exact) mass is 257 g/mol. The number of rotatable bonds is 2. The largest absolute Gasteiger partial charge is 0.461 e. The summed E-state index contributed by atoms with van der Waals surface area (Å²) in [6.07, 6.45) is 1.56. The summed E-state index contributed by atoms with van der Waals surface area (Å²) in [5, 5.41) is 0. The molecule has 2 rings (SSSR count). The Kier molecular flexibility index (Phi) is 2.28. The molecule has 14 heavy (non-hydrogen) atoms. The van der Waals surface area contributed by atoms with Crippen LogP contribution in [0.25, 0.3) is 11.2 Å². The molecule has 2 aromatic rings. The predicted octanol–water partition coefficient (Wildman–Crippen LogP) is 1.83. The minimum atomic E-state index is -0.384. The number of nitrogens with zero attached hydrogens (tertiary/aromatic N) is 1. The average molecular weight is 258 g/mol. The normalized spacial score (nSPS) is 10.7. The molecule has 2 heterocycles. The second kappa shape index (κ2) is 3.45. The zero-order valence-electron chi connectivity index (χ0n) is 7.43. The number of H-pyrrole nitrogens is 2. The molecular weight excluding hydrogens is 250 g/mol. The van der Waals surface area contributed by atoms with E-state index in [0.29, 0.717) is 22.4 Å². The van der Waals surface area contributed by atoms with Crippen LogP contribution in [0.1, 0.15) is 17.4 Å². The molecule has 2 N–H and O–H groups in total. The maximum atomic E-state index is 11.4. The Morgan fingerprint density at radius 3 is 3.14 bits per heavy atom. The maximum absolute atomic E-state index is 11.4. The summed E-state index contributed by atoms with van der Waals surface area (Å²) in [6, 6.07) is 0. The fourth-order valence-electron chi connectivity index (χ4n) is 1.20. The SMILES string of the molecule is CCOC(=O)c1[nH]c2nc[nH]c2c1Br. The van der Waals surface area contributed by atoms with Crippen molar-refractivity contribution in [3.63, 3.8) is 0 Å². The first-order chi connectivity index (χ1) is 6.74. The third-order valence-corrected chi connectivity index (χ3v) is 2.59. The smallest absolute Gasteiger partial charge is 0.356 e. The lowest BCUT2D eigenvalue weighted by molar-refractivity contribution is 0.0519. The van der Waals surface area contributed by atoms with Crippen LogP contribution in [0.15, 0.2) is 10.8 Å². The molecule has 0 spiro atoms. The van der Waals surface area contributed by atoms with Crippen molar-refractivity contribution in [1.82, 2.24) is 15.0 Å². The summed E-state index contributed by atoms with van der Waals surface area (Å²) < 4.78 is 5.52. The third kappa shape index (κ3) is 1.31. The highest BCUT2D eigenvalue weighted by molar-refractivity contribution is 9.10. The first-order valence-electron chi connectivity index (χ1n) is 4.11. The van der Waals surface area contributed by atoms with E-state index in [1.807, 2.05) is 0 Å². The van der Waals surface area contributed by atoms with Gasteiger partial charge in [-0.05, 0) is 22.9 Å². The van der Waals surface area contributed by atoms with Gasteiger partial charge in [-0.3, -0.25) is 0 Å². The van der Waals surface area contributed by atoms with Gasteiger partial charge < -0.3 is 14.7 Å². The molecular formula is C8H8BrN3O2. The van der Waals surface area contributed by atoms with Gasteiger partial charge in [0.2, 0.25) is 0 Å². The number of imidazole rings is 1. The number of fused-ring (bicyclic) bond motifs is 1. The molecule has 0 aliphatic heterocycles. The molecule has 0 bridgehead atoms. The van der Waals surface area contributed by atoms with Crippen LogP contribution >= 0.6 is 15.9 Å². The Morgan fingerprint density at radius 1 is 1.71 bits per heavy atom. The van der Waals surface area contributed by atoms with Gasteiger partial charge in [0.05, 0.1) is 22.9 Å². The second-order valence-electron chi connectivity index (χ2n) is 2.66. The summed E-state index contributed by atoms with van der Waals surface area (Å²) in [5.41, 5.74) is 1.80. The van der Waals surface area contributed by atoms with E-state index in [9.17, 15) is 4.79 Å². The number of ether oxygens (including phenoxy) is 1. The first kappa shape index (κ1) is 9.26. The highest BCUT2D eigenvalue weighted by Gasteiger charge is 2.17. The van der Waals surface area contributed by atoms with E-state index >= 15 is 0 Å². The number of esters is 1. The van der Waals surface area contributed by atoms with Crippen LogP contribution in [0.2, 0.25) is 0 Å². The predicted molar refractivity (Wildman–Crippen MR) is 54.1 cm³/mol. The third-order valence-electron chi connectivity index (χ3n) is 1.80. The highest BCUT2D eigenvalue weighted by atomic mass is 79.9. The molecule has 0 aliphatic rings. The standard InChI is InChI=1S/C8H8BrN3O2/c1-2-14-8(13)6-4(9)5-7(12-6)11-3-10-5/h3,12H,2H2,1H3,(H,10,11). The number of nitrogens with one attached hydrogen (secondary N) is 2. The van der Waals surface area contributed by atoms with E-state index in [1.165, 1.54) is 0 Å². The van der Waals surface area contributed by atoms with E-state index in [2.05, 4.69) is 30.9 Å². The van der Waals surface area contributed by atoms with Crippen LogP contribution in [0.5, 0.6) is 0 Å². The first-order valence-corrected chi connectivity index (χ1v) is 4.91. The van der Waals surface area contributed by atoms with Crippen molar-refractivity contribution in [2.24, 2.45) is 0 Å². The van der Waals surface area contributed by atoms with Gasteiger partial charge >= 0.3 is 5.97 Å². The molecule has 0 aromatic carbocycles. The molecule has 74 valence electrons. The zero-order valence-corrected chi connectivity index (χ0v) is 9.01. The number of aromatic nitrogens is 3. The second-order valence-corrected chi connectivity index (χ2v) is 3.45. The van der Waals surface area contributed by atoms with Gasteiger partial charge in [0.25, 0.3) is 0 Å². The van der Waals surface area contributed by atoms with Gasteiger partial charge in [0, 0.05) is 0 Å². The van der Waals surface area contributed by atoms with Crippen molar-refractivity contribution in [2.45, 2.75) is 6.92 Å². The number of hydrogen-bond donors (Lipinski definition) is 2. The van der Waals surface area contributed by atoms with Crippen molar-refractivity contribution in [2.75, 3.05) is 6.61 Å². The molecule has 0 saturated heterocycles. The fourth-order valence-corrected chi connectivity index (χ4v) is 1.76. The van der Waals surface area contributed by atoms with Gasteiger partial charge in [0.15, 0.2) is 5.65 Å². The summed E-state index contributed by atoms with van der Waals surface area (Å²) in [5.74, 6) is -0.384. The lowest BCUT2D eigenvalue weighted by Gasteiger charge is -1.98. The number of carbonyl (C=O) groups is 1. The number of aromatic amines is 2. The molecule has 0 unspecified atom stereocenters. The Labute approximate surface area is 88.0 Å². The van der Waals surface area contributed by atoms with Crippen LogP contribution in [0.3, 0.4) is 0 Å². The molecule has 2 aromatic heterocycles. The molecule has 0 aliphatic carbocycles. The minimum Gasteiger partial charge on any atom is -0.461 e. The summed E-state index contributed by atoms with van der Waals surface area (Å²) >= 11 is 3.30. The summed E-state index contributed by atoms with van der Waals surface area (Å²) in [6.45, 7) is 2.12. The van der Waals surface area contributed by atoms with Crippen LogP contribution < -0.4 is 0 Å². The Hall–Kier alpha value is -1.30. The van der Waals surface area contributed by atoms with E-state index < -0.39 is 0 Å².